The Morgan fingerprint density at radius 3 is 1.74 bits per heavy atom. The zero-order valence-corrected chi connectivity index (χ0v) is 14.0. The van der Waals surface area contributed by atoms with Gasteiger partial charge in [-0.3, -0.25) is 4.79 Å². The van der Waals surface area contributed by atoms with E-state index in [4.69, 9.17) is 17.7 Å². The molecular formula is C12H26LiO5Si. The molecule has 0 rings (SSSR count). The first kappa shape index (κ1) is 21.5. The molecule has 1 radical (unpaired) electrons. The van der Waals surface area contributed by atoms with Crippen LogP contribution in [0.5, 0.6) is 0 Å². The largest absolute Gasteiger partial charge is 0.751 e. The van der Waals surface area contributed by atoms with Gasteiger partial charge in [0.05, 0.1) is 0 Å². The molecule has 0 unspecified atom stereocenters. The summed E-state index contributed by atoms with van der Waals surface area (Å²) in [6.07, 6.45) is 3.29. The predicted octanol–water partition coefficient (Wildman–Crippen LogP) is 2.27. The molecule has 0 amide bonds. The minimum atomic E-state index is -3.27. The zero-order chi connectivity index (χ0) is 13.9. The van der Waals surface area contributed by atoms with Gasteiger partial charge in [0.15, 0.2) is 0 Å². The minimum absolute atomic E-state index is 0. The quantitative estimate of drug-likeness (QED) is 0.430. The standard InChI is InChI=1S/C12H26O5Si.Li/c1-5-9-10-11-12(13)17-18(14-6-2,15-7-3)16-8-4;/h5-11H2,1-4H3;. The molecular weight excluding hydrogens is 259 g/mol. The summed E-state index contributed by atoms with van der Waals surface area (Å²) in [7, 11) is -3.27. The second kappa shape index (κ2) is 13.2. The molecule has 109 valence electrons. The molecule has 0 saturated heterocycles. The SMILES string of the molecule is CCCCCC(=O)O[Si](OCC)(OCC)OCC.[Li]. The minimum Gasteiger partial charge on any atom is -0.452 e. The van der Waals surface area contributed by atoms with Gasteiger partial charge in [-0.25, -0.2) is 0 Å². The molecule has 0 spiro atoms. The van der Waals surface area contributed by atoms with Crippen LogP contribution in [-0.2, 0) is 22.5 Å². The van der Waals surface area contributed by atoms with E-state index in [2.05, 4.69) is 6.92 Å². The van der Waals surface area contributed by atoms with Crippen molar-refractivity contribution in [2.45, 2.75) is 53.4 Å². The van der Waals surface area contributed by atoms with Crippen LogP contribution in [-0.4, -0.2) is 53.7 Å². The third-order valence-electron chi connectivity index (χ3n) is 2.19. The van der Waals surface area contributed by atoms with Gasteiger partial charge in [0.25, 0.3) is 5.97 Å². The molecule has 0 aromatic heterocycles. The van der Waals surface area contributed by atoms with Gasteiger partial charge in [-0.2, -0.15) is 0 Å². The van der Waals surface area contributed by atoms with Gasteiger partial charge in [0.1, 0.15) is 0 Å². The van der Waals surface area contributed by atoms with Crippen molar-refractivity contribution < 1.29 is 22.5 Å². The fourth-order valence-corrected chi connectivity index (χ4v) is 3.32. The van der Waals surface area contributed by atoms with E-state index < -0.39 is 9.05 Å². The van der Waals surface area contributed by atoms with E-state index in [0.29, 0.717) is 26.2 Å². The van der Waals surface area contributed by atoms with Crippen LogP contribution in [0.1, 0.15) is 53.4 Å². The number of rotatable bonds is 11. The second-order valence-corrected chi connectivity index (χ2v) is 5.80. The summed E-state index contributed by atoms with van der Waals surface area (Å²) in [5, 5.41) is 0. The first-order valence-electron chi connectivity index (χ1n) is 6.77. The summed E-state index contributed by atoms with van der Waals surface area (Å²) in [5.74, 6) is -0.300. The van der Waals surface area contributed by atoms with E-state index >= 15 is 0 Å². The number of carbonyl (C=O) groups is 1. The van der Waals surface area contributed by atoms with Gasteiger partial charge >= 0.3 is 9.05 Å². The third kappa shape index (κ3) is 9.66. The molecule has 0 aliphatic rings. The van der Waals surface area contributed by atoms with Gasteiger partial charge in [-0.1, -0.05) is 19.8 Å². The number of carbonyl (C=O) groups excluding carboxylic acids is 1. The molecule has 7 heteroatoms. The van der Waals surface area contributed by atoms with Crippen molar-refractivity contribution in [1.82, 2.24) is 0 Å². The Morgan fingerprint density at radius 2 is 1.37 bits per heavy atom. The van der Waals surface area contributed by atoms with E-state index in [0.717, 1.165) is 19.3 Å². The molecule has 5 nitrogen and oxygen atoms in total. The molecule has 19 heavy (non-hydrogen) atoms. The second-order valence-electron chi connectivity index (χ2n) is 3.73. The predicted molar refractivity (Wildman–Crippen MR) is 76.6 cm³/mol. The van der Waals surface area contributed by atoms with E-state index in [1.165, 1.54) is 0 Å². The van der Waals surface area contributed by atoms with Crippen molar-refractivity contribution in [3.63, 3.8) is 0 Å². The Morgan fingerprint density at radius 1 is 0.895 bits per heavy atom. The van der Waals surface area contributed by atoms with Gasteiger partial charge in [0, 0.05) is 45.1 Å². The number of unbranched alkanes of at least 4 members (excludes halogenated alkanes) is 2. The van der Waals surface area contributed by atoms with Gasteiger partial charge in [0.2, 0.25) is 0 Å². The number of hydrogen-bond donors (Lipinski definition) is 0. The molecule has 0 atom stereocenters. The Kier molecular flexibility index (Phi) is 14.9. The fourth-order valence-electron chi connectivity index (χ4n) is 1.45. The van der Waals surface area contributed by atoms with Crippen molar-refractivity contribution in [3.8, 4) is 0 Å². The summed E-state index contributed by atoms with van der Waals surface area (Å²) in [5.41, 5.74) is 0. The first-order valence-corrected chi connectivity index (χ1v) is 8.41. The molecule has 0 saturated carbocycles. The van der Waals surface area contributed by atoms with Crippen molar-refractivity contribution >= 4 is 33.9 Å². The van der Waals surface area contributed by atoms with Crippen LogP contribution in [0.4, 0.5) is 0 Å². The zero-order valence-electron chi connectivity index (χ0n) is 13.0. The van der Waals surface area contributed by atoms with Crippen molar-refractivity contribution in [2.24, 2.45) is 0 Å². The van der Waals surface area contributed by atoms with E-state index in [9.17, 15) is 4.79 Å². The third-order valence-corrected chi connectivity index (χ3v) is 4.59. The Balaban J connectivity index is 0. The van der Waals surface area contributed by atoms with E-state index in [-0.39, 0.29) is 24.8 Å². The van der Waals surface area contributed by atoms with E-state index in [1.54, 1.807) is 0 Å². The van der Waals surface area contributed by atoms with E-state index in [1.807, 2.05) is 20.8 Å². The van der Waals surface area contributed by atoms with Crippen molar-refractivity contribution in [3.05, 3.63) is 0 Å². The molecule has 0 N–H and O–H groups in total. The number of hydrogen-bond acceptors (Lipinski definition) is 5. The average Bonchev–Trinajstić information content (AvgIpc) is 2.30. The molecule has 0 bridgehead atoms. The summed E-state index contributed by atoms with van der Waals surface area (Å²) in [6.45, 7) is 8.75. The molecule has 0 aliphatic heterocycles. The fraction of sp³-hybridized carbons (Fsp3) is 0.917. The average molecular weight is 285 g/mol. The smallest absolute Gasteiger partial charge is 0.452 e. The maximum absolute atomic E-state index is 11.7. The molecule has 0 aliphatic carbocycles. The van der Waals surface area contributed by atoms with Crippen LogP contribution in [0, 0.1) is 0 Å². The van der Waals surface area contributed by atoms with Crippen LogP contribution in [0.2, 0.25) is 0 Å². The van der Waals surface area contributed by atoms with Gasteiger partial charge in [-0.05, 0) is 27.2 Å². The van der Waals surface area contributed by atoms with Crippen LogP contribution in [0.15, 0.2) is 0 Å². The Bertz CT molecular complexity index is 211. The molecule has 0 fully saturated rings. The molecule has 0 aromatic carbocycles. The normalized spacial score (nSPS) is 10.9. The van der Waals surface area contributed by atoms with Crippen LogP contribution < -0.4 is 0 Å². The maximum Gasteiger partial charge on any atom is 0.751 e. The monoisotopic (exact) mass is 285 g/mol. The topological polar surface area (TPSA) is 54.0 Å². The summed E-state index contributed by atoms with van der Waals surface area (Å²) in [6, 6.07) is 0. The summed E-state index contributed by atoms with van der Waals surface area (Å²) in [4.78, 5) is 11.7. The van der Waals surface area contributed by atoms with Crippen molar-refractivity contribution in [1.29, 1.82) is 0 Å². The van der Waals surface area contributed by atoms with Crippen LogP contribution in [0.3, 0.4) is 0 Å². The Hall–Kier alpha value is 0.164. The van der Waals surface area contributed by atoms with Crippen molar-refractivity contribution in [2.75, 3.05) is 19.8 Å². The van der Waals surface area contributed by atoms with Gasteiger partial charge in [-0.15, -0.1) is 0 Å². The Labute approximate surface area is 130 Å². The molecule has 0 heterocycles. The van der Waals surface area contributed by atoms with Gasteiger partial charge < -0.3 is 17.7 Å². The molecule has 0 aromatic rings. The first-order chi connectivity index (χ1) is 8.64. The van der Waals surface area contributed by atoms with Crippen LogP contribution in [0.25, 0.3) is 0 Å². The summed E-state index contributed by atoms with van der Waals surface area (Å²) < 4.78 is 21.7. The maximum atomic E-state index is 11.7. The summed E-state index contributed by atoms with van der Waals surface area (Å²) >= 11 is 0. The van der Waals surface area contributed by atoms with Crippen LogP contribution >= 0.6 is 0 Å².